The molecule has 1 aromatic heterocycles. The lowest BCUT2D eigenvalue weighted by atomic mass is 10.1. The van der Waals surface area contributed by atoms with Gasteiger partial charge in [0.15, 0.2) is 0 Å². The molecule has 3 rings (SSSR count). The Balaban J connectivity index is 2.59. The van der Waals surface area contributed by atoms with E-state index in [1.165, 1.54) is 0 Å². The number of nitrogens with zero attached hydrogens (tertiary/aromatic N) is 1. The minimum atomic E-state index is -0.0301. The Morgan fingerprint density at radius 1 is 1.44 bits per heavy atom. The van der Waals surface area contributed by atoms with Crippen LogP contribution in [0.4, 0.5) is 0 Å². The van der Waals surface area contributed by atoms with Gasteiger partial charge in [0.05, 0.1) is 11.1 Å². The van der Waals surface area contributed by atoms with E-state index in [-0.39, 0.29) is 11.3 Å². The molecule has 0 bridgehead atoms. The minimum Gasteiger partial charge on any atom is -0.507 e. The van der Waals surface area contributed by atoms with Gasteiger partial charge < -0.3 is 9.67 Å². The van der Waals surface area contributed by atoms with Crippen LogP contribution < -0.4 is 5.56 Å². The standard InChI is InChI=1S/C13H13NO2/c1-2-9-12(15)10-5-3-4-8-6-7-14(11(8)10)13(9)16/h3-5,15H,2,6-7H2,1H3. The molecule has 3 heteroatoms. The number of benzene rings is 1. The topological polar surface area (TPSA) is 42.2 Å². The number of hydrogen-bond donors (Lipinski definition) is 1. The lowest BCUT2D eigenvalue weighted by Crippen LogP contribution is -2.22. The smallest absolute Gasteiger partial charge is 0.257 e. The predicted molar refractivity (Wildman–Crippen MR) is 63.0 cm³/mol. The molecule has 0 fully saturated rings. The summed E-state index contributed by atoms with van der Waals surface area (Å²) in [6, 6.07) is 5.85. The van der Waals surface area contributed by atoms with Crippen LogP contribution in [0.1, 0.15) is 18.1 Å². The van der Waals surface area contributed by atoms with Gasteiger partial charge in [0.2, 0.25) is 0 Å². The van der Waals surface area contributed by atoms with Crippen molar-refractivity contribution in [1.29, 1.82) is 0 Å². The van der Waals surface area contributed by atoms with Crippen molar-refractivity contribution in [1.82, 2.24) is 4.57 Å². The quantitative estimate of drug-likeness (QED) is 0.788. The number of aromatic hydroxyl groups is 1. The SMILES string of the molecule is CCc1c(O)c2cccc3c2n(c1=O)CC3. The number of aryl methyl sites for hydroxylation is 2. The van der Waals surface area contributed by atoms with Crippen LogP contribution in [0, 0.1) is 0 Å². The normalized spacial score (nSPS) is 13.6. The van der Waals surface area contributed by atoms with Gasteiger partial charge in [0.25, 0.3) is 5.56 Å². The van der Waals surface area contributed by atoms with Crippen molar-refractivity contribution in [3.63, 3.8) is 0 Å². The maximum atomic E-state index is 12.1. The molecule has 0 aliphatic carbocycles. The van der Waals surface area contributed by atoms with E-state index in [0.29, 0.717) is 12.0 Å². The van der Waals surface area contributed by atoms with Crippen LogP contribution in [0.5, 0.6) is 5.75 Å². The van der Waals surface area contributed by atoms with Crippen LogP contribution in [0.3, 0.4) is 0 Å². The summed E-state index contributed by atoms with van der Waals surface area (Å²) in [5, 5.41) is 10.9. The van der Waals surface area contributed by atoms with Crippen molar-refractivity contribution < 1.29 is 5.11 Å². The van der Waals surface area contributed by atoms with Crippen LogP contribution >= 0.6 is 0 Å². The van der Waals surface area contributed by atoms with Crippen molar-refractivity contribution in [2.24, 2.45) is 0 Å². The van der Waals surface area contributed by atoms with E-state index >= 15 is 0 Å². The highest BCUT2D eigenvalue weighted by Crippen LogP contribution is 2.31. The van der Waals surface area contributed by atoms with Gasteiger partial charge in [0.1, 0.15) is 5.75 Å². The molecule has 0 radical (unpaired) electrons. The summed E-state index contributed by atoms with van der Waals surface area (Å²) in [4.78, 5) is 12.1. The molecular weight excluding hydrogens is 202 g/mol. The van der Waals surface area contributed by atoms with Gasteiger partial charge >= 0.3 is 0 Å². The summed E-state index contributed by atoms with van der Waals surface area (Å²) in [7, 11) is 0. The molecule has 3 nitrogen and oxygen atoms in total. The molecule has 0 atom stereocenters. The molecule has 0 spiro atoms. The van der Waals surface area contributed by atoms with Gasteiger partial charge in [-0.05, 0) is 24.5 Å². The van der Waals surface area contributed by atoms with E-state index in [1.54, 1.807) is 4.57 Å². The molecule has 16 heavy (non-hydrogen) atoms. The van der Waals surface area contributed by atoms with E-state index in [4.69, 9.17) is 0 Å². The third-order valence-electron chi connectivity index (χ3n) is 3.39. The largest absolute Gasteiger partial charge is 0.507 e. The second-order valence-electron chi connectivity index (χ2n) is 4.20. The number of rotatable bonds is 1. The van der Waals surface area contributed by atoms with Crippen LogP contribution in [0.15, 0.2) is 23.0 Å². The molecule has 1 N–H and O–H groups in total. The highest BCUT2D eigenvalue weighted by Gasteiger charge is 2.20. The molecule has 1 aliphatic rings. The van der Waals surface area contributed by atoms with Crippen molar-refractivity contribution in [2.75, 3.05) is 0 Å². The van der Waals surface area contributed by atoms with E-state index < -0.39 is 0 Å². The van der Waals surface area contributed by atoms with Gasteiger partial charge in [-0.15, -0.1) is 0 Å². The first-order valence-electron chi connectivity index (χ1n) is 5.60. The zero-order chi connectivity index (χ0) is 11.3. The first-order valence-corrected chi connectivity index (χ1v) is 5.60. The summed E-state index contributed by atoms with van der Waals surface area (Å²) in [6.07, 6.45) is 1.46. The van der Waals surface area contributed by atoms with Crippen molar-refractivity contribution in [3.05, 3.63) is 39.7 Å². The van der Waals surface area contributed by atoms with Crippen molar-refractivity contribution in [2.45, 2.75) is 26.3 Å². The van der Waals surface area contributed by atoms with Crippen LogP contribution in [-0.4, -0.2) is 9.67 Å². The molecule has 0 saturated carbocycles. The van der Waals surface area contributed by atoms with Crippen LogP contribution in [0.2, 0.25) is 0 Å². The first kappa shape index (κ1) is 9.46. The first-order chi connectivity index (χ1) is 7.74. The third-order valence-corrected chi connectivity index (χ3v) is 3.39. The molecule has 1 aliphatic heterocycles. The van der Waals surface area contributed by atoms with Crippen LogP contribution in [0.25, 0.3) is 10.9 Å². The Kier molecular flexibility index (Phi) is 1.84. The van der Waals surface area contributed by atoms with E-state index in [2.05, 4.69) is 0 Å². The number of aromatic nitrogens is 1. The fourth-order valence-corrected chi connectivity index (χ4v) is 2.60. The molecule has 0 saturated heterocycles. The van der Waals surface area contributed by atoms with Gasteiger partial charge in [-0.3, -0.25) is 4.79 Å². The zero-order valence-electron chi connectivity index (χ0n) is 9.16. The minimum absolute atomic E-state index is 0.0301. The highest BCUT2D eigenvalue weighted by molar-refractivity contribution is 5.89. The van der Waals surface area contributed by atoms with Gasteiger partial charge in [-0.1, -0.05) is 19.1 Å². The fraction of sp³-hybridized carbons (Fsp3) is 0.308. The second-order valence-corrected chi connectivity index (χ2v) is 4.20. The number of pyridine rings is 1. The highest BCUT2D eigenvalue weighted by atomic mass is 16.3. The molecule has 2 heterocycles. The summed E-state index contributed by atoms with van der Waals surface area (Å²) in [5.74, 6) is 0.169. The number of para-hydroxylation sites is 1. The lowest BCUT2D eigenvalue weighted by Gasteiger charge is -2.09. The van der Waals surface area contributed by atoms with Crippen LogP contribution in [-0.2, 0) is 19.4 Å². The Bertz CT molecular complexity index is 640. The zero-order valence-corrected chi connectivity index (χ0v) is 9.16. The monoisotopic (exact) mass is 215 g/mol. The average molecular weight is 215 g/mol. The maximum Gasteiger partial charge on any atom is 0.257 e. The molecule has 2 aromatic rings. The van der Waals surface area contributed by atoms with Gasteiger partial charge in [-0.2, -0.15) is 0 Å². The van der Waals surface area contributed by atoms with Gasteiger partial charge in [-0.25, -0.2) is 0 Å². The Morgan fingerprint density at radius 2 is 2.25 bits per heavy atom. The van der Waals surface area contributed by atoms with E-state index in [1.807, 2.05) is 25.1 Å². The summed E-state index contributed by atoms with van der Waals surface area (Å²) >= 11 is 0. The van der Waals surface area contributed by atoms with E-state index in [0.717, 1.165) is 29.4 Å². The molecular formula is C13H13NO2. The van der Waals surface area contributed by atoms with Crippen molar-refractivity contribution in [3.8, 4) is 5.75 Å². The number of hydrogen-bond acceptors (Lipinski definition) is 2. The second kappa shape index (κ2) is 3.11. The average Bonchev–Trinajstić information content (AvgIpc) is 2.72. The van der Waals surface area contributed by atoms with Crippen molar-refractivity contribution >= 4 is 10.9 Å². The molecule has 0 amide bonds. The Hall–Kier alpha value is -1.77. The van der Waals surface area contributed by atoms with Gasteiger partial charge in [0, 0.05) is 11.9 Å². The summed E-state index contributed by atoms with van der Waals surface area (Å²) in [6.45, 7) is 2.64. The molecule has 1 aromatic carbocycles. The third kappa shape index (κ3) is 1.00. The Morgan fingerprint density at radius 3 is 3.00 bits per heavy atom. The lowest BCUT2D eigenvalue weighted by molar-refractivity contribution is 0.472. The fourth-order valence-electron chi connectivity index (χ4n) is 2.60. The maximum absolute atomic E-state index is 12.1. The molecule has 82 valence electrons. The Labute approximate surface area is 93.0 Å². The van der Waals surface area contributed by atoms with E-state index in [9.17, 15) is 9.90 Å². The predicted octanol–water partition coefficient (Wildman–Crippen LogP) is 1.83. The summed E-state index contributed by atoms with van der Waals surface area (Å²) in [5.41, 5.74) is 2.58. The summed E-state index contributed by atoms with van der Waals surface area (Å²) < 4.78 is 1.79. The molecule has 0 unspecified atom stereocenters.